The monoisotopic (exact) mass is 264 g/mol. The first kappa shape index (κ1) is 15.3. The molecule has 1 aromatic rings. The van der Waals surface area contributed by atoms with E-state index in [1.54, 1.807) is 12.1 Å². The zero-order valence-electron chi connectivity index (χ0n) is 12.4. The van der Waals surface area contributed by atoms with E-state index in [9.17, 15) is 4.79 Å². The second kappa shape index (κ2) is 5.95. The predicted octanol–water partition coefficient (Wildman–Crippen LogP) is 3.15. The first-order chi connectivity index (χ1) is 8.75. The lowest BCUT2D eigenvalue weighted by Gasteiger charge is -2.28. The Kier molecular flexibility index (Phi) is 4.81. The Balaban J connectivity index is 2.73. The number of anilines is 2. The SMILES string of the molecule is COC(=O)c1ccc(NCC(C)C(C)(C)C)c(N)c1. The number of nitrogens with one attached hydrogen (secondary N) is 1. The number of carbonyl (C=O) groups is 1. The third-order valence-corrected chi connectivity index (χ3v) is 3.55. The molecule has 1 atom stereocenters. The van der Waals surface area contributed by atoms with E-state index in [2.05, 4.69) is 37.7 Å². The van der Waals surface area contributed by atoms with Crippen molar-refractivity contribution in [2.24, 2.45) is 11.3 Å². The third kappa shape index (κ3) is 4.16. The first-order valence-electron chi connectivity index (χ1n) is 6.47. The number of ether oxygens (including phenoxy) is 1. The molecule has 4 heteroatoms. The van der Waals surface area contributed by atoms with E-state index in [0.29, 0.717) is 17.2 Å². The van der Waals surface area contributed by atoms with Gasteiger partial charge in [0.1, 0.15) is 0 Å². The molecule has 1 unspecified atom stereocenters. The van der Waals surface area contributed by atoms with Crippen molar-refractivity contribution in [1.29, 1.82) is 0 Å². The molecule has 0 aliphatic carbocycles. The van der Waals surface area contributed by atoms with E-state index in [4.69, 9.17) is 5.73 Å². The van der Waals surface area contributed by atoms with Gasteiger partial charge in [-0.3, -0.25) is 0 Å². The topological polar surface area (TPSA) is 64.3 Å². The number of nitrogen functional groups attached to an aromatic ring is 1. The molecule has 0 saturated carbocycles. The summed E-state index contributed by atoms with van der Waals surface area (Å²) in [6.07, 6.45) is 0. The van der Waals surface area contributed by atoms with Crippen LogP contribution >= 0.6 is 0 Å². The van der Waals surface area contributed by atoms with Crippen molar-refractivity contribution in [3.05, 3.63) is 23.8 Å². The van der Waals surface area contributed by atoms with Crippen LogP contribution in [0.1, 0.15) is 38.1 Å². The van der Waals surface area contributed by atoms with Crippen molar-refractivity contribution in [2.75, 3.05) is 24.7 Å². The van der Waals surface area contributed by atoms with Crippen molar-refractivity contribution in [3.8, 4) is 0 Å². The Hall–Kier alpha value is -1.71. The molecule has 0 heterocycles. The van der Waals surface area contributed by atoms with Gasteiger partial charge in [-0.1, -0.05) is 27.7 Å². The van der Waals surface area contributed by atoms with Crippen LogP contribution < -0.4 is 11.1 Å². The average Bonchev–Trinajstić information content (AvgIpc) is 2.34. The fourth-order valence-electron chi connectivity index (χ4n) is 1.54. The standard InChI is InChI=1S/C15H24N2O2/c1-10(15(2,3)4)9-17-13-7-6-11(8-12(13)16)14(18)19-5/h6-8,10,17H,9,16H2,1-5H3. The number of methoxy groups -OCH3 is 1. The smallest absolute Gasteiger partial charge is 0.337 e. The molecule has 1 rings (SSSR count). The maximum absolute atomic E-state index is 11.4. The third-order valence-electron chi connectivity index (χ3n) is 3.55. The second-order valence-electron chi connectivity index (χ2n) is 5.94. The lowest BCUT2D eigenvalue weighted by Crippen LogP contribution is -2.25. The molecule has 0 amide bonds. The Morgan fingerprint density at radius 1 is 1.42 bits per heavy atom. The highest BCUT2D eigenvalue weighted by molar-refractivity contribution is 5.91. The van der Waals surface area contributed by atoms with Gasteiger partial charge >= 0.3 is 5.97 Å². The molecule has 0 saturated heterocycles. The van der Waals surface area contributed by atoms with Gasteiger partial charge in [-0.2, -0.15) is 0 Å². The minimum absolute atomic E-state index is 0.244. The summed E-state index contributed by atoms with van der Waals surface area (Å²) >= 11 is 0. The summed E-state index contributed by atoms with van der Waals surface area (Å²) in [5.41, 5.74) is 8.06. The number of rotatable bonds is 4. The molecule has 4 nitrogen and oxygen atoms in total. The highest BCUT2D eigenvalue weighted by Gasteiger charge is 2.19. The van der Waals surface area contributed by atoms with Crippen LogP contribution in [0, 0.1) is 11.3 Å². The van der Waals surface area contributed by atoms with E-state index in [1.807, 2.05) is 6.07 Å². The summed E-state index contributed by atoms with van der Waals surface area (Å²) in [6, 6.07) is 5.17. The number of hydrogen-bond acceptors (Lipinski definition) is 4. The van der Waals surface area contributed by atoms with Gasteiger partial charge in [-0.25, -0.2) is 4.79 Å². The summed E-state index contributed by atoms with van der Waals surface area (Å²) in [4.78, 5) is 11.4. The normalized spacial score (nSPS) is 12.9. The predicted molar refractivity (Wildman–Crippen MR) is 79.3 cm³/mol. The maximum Gasteiger partial charge on any atom is 0.337 e. The van der Waals surface area contributed by atoms with Gasteiger partial charge in [0.2, 0.25) is 0 Å². The molecule has 0 spiro atoms. The molecule has 1 aromatic carbocycles. The van der Waals surface area contributed by atoms with E-state index in [1.165, 1.54) is 7.11 Å². The lowest BCUT2D eigenvalue weighted by atomic mass is 9.82. The molecule has 0 aromatic heterocycles. The van der Waals surface area contributed by atoms with Gasteiger partial charge in [0.15, 0.2) is 0 Å². The van der Waals surface area contributed by atoms with E-state index < -0.39 is 0 Å². The highest BCUT2D eigenvalue weighted by atomic mass is 16.5. The molecule has 0 aliphatic heterocycles. The summed E-state index contributed by atoms with van der Waals surface area (Å²) in [5, 5.41) is 3.33. The van der Waals surface area contributed by atoms with Crippen LogP contribution in [0.5, 0.6) is 0 Å². The molecule has 0 bridgehead atoms. The van der Waals surface area contributed by atoms with Crippen LogP contribution in [0.2, 0.25) is 0 Å². The summed E-state index contributed by atoms with van der Waals surface area (Å²) in [7, 11) is 1.36. The first-order valence-corrected chi connectivity index (χ1v) is 6.47. The van der Waals surface area contributed by atoms with Crippen LogP contribution in [-0.4, -0.2) is 19.6 Å². The Labute approximate surface area is 115 Å². The Morgan fingerprint density at radius 2 is 2.05 bits per heavy atom. The molecule has 19 heavy (non-hydrogen) atoms. The second-order valence-corrected chi connectivity index (χ2v) is 5.94. The van der Waals surface area contributed by atoms with Crippen LogP contribution in [0.25, 0.3) is 0 Å². The lowest BCUT2D eigenvalue weighted by molar-refractivity contribution is 0.0601. The van der Waals surface area contributed by atoms with Crippen LogP contribution in [0.4, 0.5) is 11.4 Å². The van der Waals surface area contributed by atoms with Crippen molar-refractivity contribution < 1.29 is 9.53 Å². The van der Waals surface area contributed by atoms with Crippen molar-refractivity contribution in [1.82, 2.24) is 0 Å². The molecular weight excluding hydrogens is 240 g/mol. The fraction of sp³-hybridized carbons (Fsp3) is 0.533. The van der Waals surface area contributed by atoms with Crippen molar-refractivity contribution in [3.63, 3.8) is 0 Å². The van der Waals surface area contributed by atoms with E-state index in [-0.39, 0.29) is 11.4 Å². The van der Waals surface area contributed by atoms with Gasteiger partial charge in [-0.05, 0) is 29.5 Å². The minimum atomic E-state index is -0.374. The van der Waals surface area contributed by atoms with Crippen LogP contribution in [0.15, 0.2) is 18.2 Å². The Bertz CT molecular complexity index is 450. The summed E-state index contributed by atoms with van der Waals surface area (Å²) in [6.45, 7) is 9.67. The number of nitrogens with two attached hydrogens (primary N) is 1. The number of benzene rings is 1. The zero-order chi connectivity index (χ0) is 14.6. The van der Waals surface area contributed by atoms with Crippen LogP contribution in [-0.2, 0) is 4.74 Å². The molecule has 3 N–H and O–H groups in total. The van der Waals surface area contributed by atoms with Crippen LogP contribution in [0.3, 0.4) is 0 Å². The summed E-state index contributed by atoms with van der Waals surface area (Å²) < 4.78 is 4.66. The Morgan fingerprint density at radius 3 is 2.53 bits per heavy atom. The van der Waals surface area contributed by atoms with E-state index in [0.717, 1.165) is 12.2 Å². The molecule has 0 radical (unpaired) electrons. The largest absolute Gasteiger partial charge is 0.465 e. The van der Waals surface area contributed by atoms with Gasteiger partial charge in [0, 0.05) is 6.54 Å². The number of esters is 1. The molecular formula is C15H24N2O2. The highest BCUT2D eigenvalue weighted by Crippen LogP contribution is 2.27. The number of hydrogen-bond donors (Lipinski definition) is 2. The van der Waals surface area contributed by atoms with Gasteiger partial charge in [-0.15, -0.1) is 0 Å². The van der Waals surface area contributed by atoms with E-state index >= 15 is 0 Å². The zero-order valence-corrected chi connectivity index (χ0v) is 12.4. The van der Waals surface area contributed by atoms with Gasteiger partial charge in [0.25, 0.3) is 0 Å². The average molecular weight is 264 g/mol. The molecule has 0 aliphatic rings. The quantitative estimate of drug-likeness (QED) is 0.647. The molecule has 106 valence electrons. The van der Waals surface area contributed by atoms with Gasteiger partial charge < -0.3 is 15.8 Å². The minimum Gasteiger partial charge on any atom is -0.465 e. The maximum atomic E-state index is 11.4. The number of carbonyl (C=O) groups excluding carboxylic acids is 1. The van der Waals surface area contributed by atoms with Crippen molar-refractivity contribution >= 4 is 17.3 Å². The summed E-state index contributed by atoms with van der Waals surface area (Å²) in [5.74, 6) is 0.133. The van der Waals surface area contributed by atoms with Gasteiger partial charge in [0.05, 0.1) is 24.0 Å². The molecule has 0 fully saturated rings. The fourth-order valence-corrected chi connectivity index (χ4v) is 1.54. The van der Waals surface area contributed by atoms with Crippen molar-refractivity contribution in [2.45, 2.75) is 27.7 Å².